The van der Waals surface area contributed by atoms with Crippen LogP contribution in [0.5, 0.6) is 0 Å². The molecule has 0 bridgehead atoms. The summed E-state index contributed by atoms with van der Waals surface area (Å²) in [4.78, 5) is 25.7. The Hall–Kier alpha value is -2.74. The van der Waals surface area contributed by atoms with Gasteiger partial charge in [0.25, 0.3) is 0 Å². The predicted molar refractivity (Wildman–Crippen MR) is 110 cm³/mol. The monoisotopic (exact) mass is 398 g/mol. The first-order valence-corrected chi connectivity index (χ1v) is 10.2. The number of aromatic nitrogens is 2. The lowest BCUT2D eigenvalue weighted by Crippen LogP contribution is -2.43. The van der Waals surface area contributed by atoms with Crippen molar-refractivity contribution in [2.75, 3.05) is 36.9 Å². The second kappa shape index (κ2) is 8.73. The van der Waals surface area contributed by atoms with Crippen molar-refractivity contribution in [2.45, 2.75) is 38.4 Å². The highest BCUT2D eigenvalue weighted by Gasteiger charge is 2.31. The number of benzene rings is 1. The maximum Gasteiger partial charge on any atom is 0.242 e. The largest absolute Gasteiger partial charge is 0.365 e. The van der Waals surface area contributed by atoms with Crippen LogP contribution in [0.25, 0.3) is 0 Å². The second-order valence-corrected chi connectivity index (χ2v) is 7.68. The molecule has 0 saturated carbocycles. The van der Waals surface area contributed by atoms with Crippen LogP contribution in [-0.2, 0) is 17.9 Å². The zero-order valence-electron chi connectivity index (χ0n) is 16.7. The number of carbonyl (C=O) groups excluding carboxylic acids is 1. The summed E-state index contributed by atoms with van der Waals surface area (Å²) >= 11 is 0. The number of anilines is 2. The number of likely N-dealkylation sites (N-methyl/N-ethyl adjacent to an activating group) is 1. The molecule has 3 heterocycles. The van der Waals surface area contributed by atoms with E-state index < -0.39 is 0 Å². The molecular weight excluding hydrogens is 371 g/mol. The number of nitrogens with zero attached hydrogens (tertiary/aromatic N) is 4. The van der Waals surface area contributed by atoms with Crippen molar-refractivity contribution in [3.05, 3.63) is 47.5 Å². The van der Waals surface area contributed by atoms with Crippen LogP contribution in [0.1, 0.15) is 30.4 Å². The molecule has 1 aromatic carbocycles. The quantitative estimate of drug-likeness (QED) is 0.822. The van der Waals surface area contributed by atoms with Gasteiger partial charge in [0.15, 0.2) is 0 Å². The Bertz CT molecular complexity index is 868. The number of fused-ring (bicyclic) bond motifs is 1. The van der Waals surface area contributed by atoms with E-state index in [9.17, 15) is 9.18 Å². The minimum Gasteiger partial charge on any atom is -0.365 e. The summed E-state index contributed by atoms with van der Waals surface area (Å²) in [5.41, 5.74) is 1.46. The highest BCUT2D eigenvalue weighted by Crippen LogP contribution is 2.30. The van der Waals surface area contributed by atoms with Crippen LogP contribution >= 0.6 is 0 Å². The van der Waals surface area contributed by atoms with Crippen molar-refractivity contribution in [2.24, 2.45) is 0 Å². The first-order valence-electron chi connectivity index (χ1n) is 10.2. The first kappa shape index (κ1) is 19.6. The molecule has 1 amide bonds. The van der Waals surface area contributed by atoms with Gasteiger partial charge in [0.2, 0.25) is 5.91 Å². The lowest BCUT2D eigenvalue weighted by molar-refractivity contribution is -0.132. The van der Waals surface area contributed by atoms with Gasteiger partial charge in [-0.05, 0) is 38.4 Å². The Labute approximate surface area is 170 Å². The van der Waals surface area contributed by atoms with Crippen LogP contribution in [0, 0.1) is 5.82 Å². The fraction of sp³-hybridized carbons (Fsp3) is 0.476. The summed E-state index contributed by atoms with van der Waals surface area (Å²) in [5, 5.41) is 6.67. The van der Waals surface area contributed by atoms with Crippen LogP contribution in [0.15, 0.2) is 30.6 Å². The minimum atomic E-state index is -0.250. The molecule has 0 radical (unpaired) electrons. The van der Waals surface area contributed by atoms with Gasteiger partial charge in [-0.3, -0.25) is 4.79 Å². The lowest BCUT2D eigenvalue weighted by atomic mass is 10.1. The van der Waals surface area contributed by atoms with Gasteiger partial charge in [-0.1, -0.05) is 18.2 Å². The van der Waals surface area contributed by atoms with Gasteiger partial charge < -0.3 is 20.4 Å². The molecule has 1 atom stereocenters. The fourth-order valence-electron chi connectivity index (χ4n) is 4.12. The standard InChI is InChI=1S/C21H27FN6O/c1-27-13-19(29)28(16-6-4-9-23-10-8-16)12-17-20(25-14-26-21(17)27)24-11-15-5-2-3-7-18(15)22/h2-3,5,7,14,16,23H,4,6,8-13H2,1H3,(H,24,25,26). The maximum atomic E-state index is 14.0. The minimum absolute atomic E-state index is 0.109. The number of nitrogens with one attached hydrogen (secondary N) is 2. The number of hydrogen-bond acceptors (Lipinski definition) is 6. The van der Waals surface area contributed by atoms with Crippen LogP contribution in [0.2, 0.25) is 0 Å². The van der Waals surface area contributed by atoms with Crippen molar-refractivity contribution in [3.8, 4) is 0 Å². The summed E-state index contributed by atoms with van der Waals surface area (Å²) in [5.74, 6) is 1.26. The highest BCUT2D eigenvalue weighted by molar-refractivity contribution is 5.83. The van der Waals surface area contributed by atoms with E-state index in [0.29, 0.717) is 31.0 Å². The van der Waals surface area contributed by atoms with Crippen LogP contribution < -0.4 is 15.5 Å². The van der Waals surface area contributed by atoms with E-state index in [1.54, 1.807) is 12.1 Å². The molecule has 0 aliphatic carbocycles. The number of rotatable bonds is 4. The van der Waals surface area contributed by atoms with Gasteiger partial charge in [0, 0.05) is 25.2 Å². The Morgan fingerprint density at radius 2 is 2.07 bits per heavy atom. The predicted octanol–water partition coefficient (Wildman–Crippen LogP) is 2.15. The van der Waals surface area contributed by atoms with Crippen LogP contribution in [0.3, 0.4) is 0 Å². The highest BCUT2D eigenvalue weighted by atomic mass is 19.1. The molecule has 8 heteroatoms. The molecule has 2 N–H and O–H groups in total. The van der Waals surface area contributed by atoms with E-state index in [1.165, 1.54) is 12.4 Å². The molecular formula is C21H27FN6O. The van der Waals surface area contributed by atoms with Crippen LogP contribution in [0.4, 0.5) is 16.0 Å². The zero-order chi connectivity index (χ0) is 20.2. The SMILES string of the molecule is CN1CC(=O)N(C2CCCNCC2)Cc2c(NCc3ccccc3F)ncnc21. The molecule has 0 spiro atoms. The number of hydrogen-bond donors (Lipinski definition) is 2. The average Bonchev–Trinajstić information content (AvgIpc) is 3.06. The van der Waals surface area contributed by atoms with Crippen LogP contribution in [-0.4, -0.2) is 53.5 Å². The Morgan fingerprint density at radius 1 is 1.21 bits per heavy atom. The Kier molecular flexibility index (Phi) is 5.89. The average molecular weight is 398 g/mol. The molecule has 7 nitrogen and oxygen atoms in total. The van der Waals surface area contributed by atoms with Gasteiger partial charge in [-0.25, -0.2) is 14.4 Å². The van der Waals surface area contributed by atoms with E-state index in [0.717, 1.165) is 43.7 Å². The topological polar surface area (TPSA) is 73.4 Å². The molecule has 1 unspecified atom stereocenters. The first-order chi connectivity index (χ1) is 14.1. The number of amides is 1. The normalized spacial score (nSPS) is 20.1. The third kappa shape index (κ3) is 4.32. The smallest absolute Gasteiger partial charge is 0.242 e. The Morgan fingerprint density at radius 3 is 2.93 bits per heavy atom. The van der Waals surface area contributed by atoms with Crippen molar-refractivity contribution in [1.82, 2.24) is 20.2 Å². The molecule has 1 fully saturated rings. The second-order valence-electron chi connectivity index (χ2n) is 7.68. The third-order valence-electron chi connectivity index (χ3n) is 5.70. The molecule has 2 aliphatic rings. The van der Waals surface area contributed by atoms with Crippen molar-refractivity contribution in [1.29, 1.82) is 0 Å². The summed E-state index contributed by atoms with van der Waals surface area (Å²) < 4.78 is 14.0. The van der Waals surface area contributed by atoms with Crippen molar-refractivity contribution >= 4 is 17.5 Å². The third-order valence-corrected chi connectivity index (χ3v) is 5.70. The van der Waals surface area contributed by atoms with Gasteiger partial charge in [-0.15, -0.1) is 0 Å². The zero-order valence-corrected chi connectivity index (χ0v) is 16.7. The van der Waals surface area contributed by atoms with Gasteiger partial charge in [-0.2, -0.15) is 0 Å². The summed E-state index contributed by atoms with van der Waals surface area (Å²) in [6.45, 7) is 2.99. The van der Waals surface area contributed by atoms with Crippen molar-refractivity contribution < 1.29 is 9.18 Å². The van der Waals surface area contributed by atoms with Gasteiger partial charge in [0.1, 0.15) is 23.8 Å². The van der Waals surface area contributed by atoms with E-state index >= 15 is 0 Å². The number of carbonyl (C=O) groups is 1. The summed E-state index contributed by atoms with van der Waals surface area (Å²) in [6, 6.07) is 6.90. The van der Waals surface area contributed by atoms with E-state index in [2.05, 4.69) is 20.6 Å². The summed E-state index contributed by atoms with van der Waals surface area (Å²) in [7, 11) is 1.88. The molecule has 2 aromatic rings. The summed E-state index contributed by atoms with van der Waals surface area (Å²) in [6.07, 6.45) is 4.48. The number of halogens is 1. The molecule has 2 aliphatic heterocycles. The van der Waals surface area contributed by atoms with Crippen molar-refractivity contribution in [3.63, 3.8) is 0 Å². The van der Waals surface area contributed by atoms with E-state index in [-0.39, 0.29) is 17.8 Å². The van der Waals surface area contributed by atoms with Gasteiger partial charge >= 0.3 is 0 Å². The molecule has 29 heavy (non-hydrogen) atoms. The molecule has 154 valence electrons. The molecule has 4 rings (SSSR count). The maximum absolute atomic E-state index is 14.0. The molecule has 1 aromatic heterocycles. The van der Waals surface area contributed by atoms with Gasteiger partial charge in [0.05, 0.1) is 18.7 Å². The fourth-order valence-corrected chi connectivity index (χ4v) is 4.12. The molecule has 1 saturated heterocycles. The lowest BCUT2D eigenvalue weighted by Gasteiger charge is -2.30. The van der Waals surface area contributed by atoms with E-state index in [1.807, 2.05) is 22.9 Å². The Balaban J connectivity index is 1.61. The van der Waals surface area contributed by atoms with E-state index in [4.69, 9.17) is 0 Å².